The predicted molar refractivity (Wildman–Crippen MR) is 140 cm³/mol. The van der Waals surface area contributed by atoms with E-state index in [1.54, 1.807) is 32.4 Å². The molecule has 0 spiro atoms. The molecule has 1 fully saturated rings. The Morgan fingerprint density at radius 1 is 0.974 bits per heavy atom. The van der Waals surface area contributed by atoms with Gasteiger partial charge in [0.25, 0.3) is 0 Å². The first-order chi connectivity index (χ1) is 18.5. The number of hydrogen-bond acceptors (Lipinski definition) is 8. The molecule has 1 aliphatic rings. The minimum atomic E-state index is -0.716. The minimum absolute atomic E-state index is 0.149. The SMILES string of the molecule is COCc1cc(Nc2nc(-c3cc(F)cc(F)c3)nc3cc(OCCCN4CCCC4)c(OC)cc23)n[nH]1. The average molecular weight is 525 g/mol. The molecule has 1 aliphatic heterocycles. The highest BCUT2D eigenvalue weighted by molar-refractivity contribution is 5.94. The van der Waals surface area contributed by atoms with Gasteiger partial charge in [0, 0.05) is 42.8 Å². The molecule has 0 bridgehead atoms. The standard InChI is InChI=1S/C27H30F2N6O3/c1-36-16-20-13-25(34-33-20)31-27-21-14-23(37-2)24(38-9-5-8-35-6-3-4-7-35)15-22(21)30-26(32-27)17-10-18(28)12-19(29)11-17/h10-15H,3-9,16H2,1-2H3,(H2,30,31,32,33,34). The average Bonchev–Trinajstić information content (AvgIpc) is 3.58. The number of H-pyrrole nitrogens is 1. The lowest BCUT2D eigenvalue weighted by molar-refractivity contribution is 0.181. The number of ether oxygens (including phenoxy) is 3. The topological polar surface area (TPSA) is 97.4 Å². The van der Waals surface area contributed by atoms with Crippen LogP contribution < -0.4 is 14.8 Å². The third-order valence-electron chi connectivity index (χ3n) is 6.35. The van der Waals surface area contributed by atoms with E-state index < -0.39 is 11.6 Å². The number of nitrogens with one attached hydrogen (secondary N) is 2. The van der Waals surface area contributed by atoms with Crippen molar-refractivity contribution in [1.82, 2.24) is 25.1 Å². The van der Waals surface area contributed by atoms with E-state index in [0.29, 0.717) is 47.3 Å². The van der Waals surface area contributed by atoms with Crippen molar-refractivity contribution < 1.29 is 23.0 Å². The van der Waals surface area contributed by atoms with Crippen molar-refractivity contribution in [2.45, 2.75) is 25.9 Å². The number of hydrogen-bond donors (Lipinski definition) is 2. The second-order valence-electron chi connectivity index (χ2n) is 9.16. The maximum Gasteiger partial charge on any atom is 0.163 e. The molecule has 0 unspecified atom stereocenters. The van der Waals surface area contributed by atoms with E-state index in [1.807, 2.05) is 0 Å². The molecule has 1 saturated heterocycles. The Bertz CT molecular complexity index is 1390. The van der Waals surface area contributed by atoms with E-state index in [9.17, 15) is 8.78 Å². The van der Waals surface area contributed by atoms with Crippen LogP contribution in [0.4, 0.5) is 20.4 Å². The summed E-state index contributed by atoms with van der Waals surface area (Å²) in [5.41, 5.74) is 1.49. The summed E-state index contributed by atoms with van der Waals surface area (Å²) in [6, 6.07) is 8.53. The van der Waals surface area contributed by atoms with Crippen LogP contribution in [0.5, 0.6) is 11.5 Å². The molecule has 5 rings (SSSR count). The third kappa shape index (κ3) is 6.00. The number of benzene rings is 2. The molecule has 2 N–H and O–H groups in total. The van der Waals surface area contributed by atoms with Crippen molar-refractivity contribution in [1.29, 1.82) is 0 Å². The molecule has 0 amide bonds. The summed E-state index contributed by atoms with van der Waals surface area (Å²) in [5, 5.41) is 11.0. The molecular formula is C27H30F2N6O3. The lowest BCUT2D eigenvalue weighted by Crippen LogP contribution is -2.21. The van der Waals surface area contributed by atoms with E-state index in [4.69, 9.17) is 14.2 Å². The van der Waals surface area contributed by atoms with E-state index in [2.05, 4.69) is 30.4 Å². The van der Waals surface area contributed by atoms with Gasteiger partial charge in [0.15, 0.2) is 23.1 Å². The minimum Gasteiger partial charge on any atom is -0.493 e. The molecule has 200 valence electrons. The van der Waals surface area contributed by atoms with Gasteiger partial charge >= 0.3 is 0 Å². The molecular weight excluding hydrogens is 494 g/mol. The van der Waals surface area contributed by atoms with Crippen molar-refractivity contribution in [3.05, 3.63) is 53.7 Å². The second kappa shape index (κ2) is 11.7. The molecule has 0 aliphatic carbocycles. The van der Waals surface area contributed by atoms with Crippen LogP contribution in [0.1, 0.15) is 25.0 Å². The lowest BCUT2D eigenvalue weighted by atomic mass is 10.1. The lowest BCUT2D eigenvalue weighted by Gasteiger charge is -2.16. The summed E-state index contributed by atoms with van der Waals surface area (Å²) in [7, 11) is 3.16. The number of fused-ring (bicyclic) bond motifs is 1. The molecule has 9 nitrogen and oxygen atoms in total. The van der Waals surface area contributed by atoms with Gasteiger partial charge in [-0.3, -0.25) is 5.10 Å². The van der Waals surface area contributed by atoms with Gasteiger partial charge in [-0.2, -0.15) is 5.10 Å². The van der Waals surface area contributed by atoms with Crippen LogP contribution >= 0.6 is 0 Å². The van der Waals surface area contributed by atoms with Gasteiger partial charge in [0.1, 0.15) is 17.5 Å². The molecule has 38 heavy (non-hydrogen) atoms. The highest BCUT2D eigenvalue weighted by Gasteiger charge is 2.17. The quantitative estimate of drug-likeness (QED) is 0.263. The molecule has 2 aromatic carbocycles. The number of likely N-dealkylation sites (tertiary alicyclic amines) is 1. The van der Waals surface area contributed by atoms with Crippen LogP contribution in [0.15, 0.2) is 36.4 Å². The van der Waals surface area contributed by atoms with Crippen molar-refractivity contribution in [3.8, 4) is 22.9 Å². The predicted octanol–water partition coefficient (Wildman–Crippen LogP) is 5.06. The Labute approximate surface area is 219 Å². The largest absolute Gasteiger partial charge is 0.493 e. The molecule has 0 saturated carbocycles. The van der Waals surface area contributed by atoms with E-state index in [0.717, 1.165) is 37.8 Å². The van der Waals surface area contributed by atoms with Crippen molar-refractivity contribution >= 4 is 22.5 Å². The summed E-state index contributed by atoms with van der Waals surface area (Å²) in [6.07, 6.45) is 3.38. The summed E-state index contributed by atoms with van der Waals surface area (Å²) in [4.78, 5) is 11.6. The molecule has 3 heterocycles. The Morgan fingerprint density at radius 2 is 1.76 bits per heavy atom. The number of rotatable bonds is 11. The van der Waals surface area contributed by atoms with Gasteiger partial charge in [0.2, 0.25) is 0 Å². The molecule has 2 aromatic heterocycles. The molecule has 11 heteroatoms. The Hall–Kier alpha value is -3.83. The van der Waals surface area contributed by atoms with Crippen LogP contribution in [0.2, 0.25) is 0 Å². The highest BCUT2D eigenvalue weighted by atomic mass is 19.1. The number of anilines is 2. The van der Waals surface area contributed by atoms with Gasteiger partial charge < -0.3 is 24.4 Å². The zero-order valence-corrected chi connectivity index (χ0v) is 21.4. The van der Waals surface area contributed by atoms with Gasteiger partial charge in [-0.15, -0.1) is 0 Å². The van der Waals surface area contributed by atoms with Crippen molar-refractivity contribution in [2.24, 2.45) is 0 Å². The maximum atomic E-state index is 14.0. The van der Waals surface area contributed by atoms with E-state index in [-0.39, 0.29) is 11.4 Å². The number of methoxy groups -OCH3 is 2. The number of halogens is 2. The fraction of sp³-hybridized carbons (Fsp3) is 0.370. The van der Waals surface area contributed by atoms with Crippen LogP contribution in [0, 0.1) is 11.6 Å². The van der Waals surface area contributed by atoms with Gasteiger partial charge in [-0.25, -0.2) is 18.7 Å². The molecule has 0 atom stereocenters. The summed E-state index contributed by atoms with van der Waals surface area (Å²) < 4.78 is 44.9. The van der Waals surface area contributed by atoms with Crippen molar-refractivity contribution in [3.63, 3.8) is 0 Å². The third-order valence-corrected chi connectivity index (χ3v) is 6.35. The second-order valence-corrected chi connectivity index (χ2v) is 9.16. The molecule has 4 aromatic rings. The summed E-state index contributed by atoms with van der Waals surface area (Å²) >= 11 is 0. The summed E-state index contributed by atoms with van der Waals surface area (Å²) in [6.45, 7) is 4.14. The first-order valence-corrected chi connectivity index (χ1v) is 12.5. The molecule has 0 radical (unpaired) electrons. The Morgan fingerprint density at radius 3 is 2.50 bits per heavy atom. The van der Waals surface area contributed by atoms with Crippen LogP contribution in [0.3, 0.4) is 0 Å². The zero-order chi connectivity index (χ0) is 26.5. The van der Waals surface area contributed by atoms with Gasteiger partial charge in [-0.05, 0) is 50.6 Å². The fourth-order valence-electron chi connectivity index (χ4n) is 4.57. The van der Waals surface area contributed by atoms with Gasteiger partial charge in [0.05, 0.1) is 31.5 Å². The van der Waals surface area contributed by atoms with Gasteiger partial charge in [-0.1, -0.05) is 0 Å². The van der Waals surface area contributed by atoms with Crippen LogP contribution in [-0.4, -0.2) is 65.5 Å². The maximum absolute atomic E-state index is 14.0. The first kappa shape index (κ1) is 25.8. The Kier molecular flexibility index (Phi) is 7.94. The Balaban J connectivity index is 1.50. The number of nitrogens with zero attached hydrogens (tertiary/aromatic N) is 4. The summed E-state index contributed by atoms with van der Waals surface area (Å²) in [5.74, 6) is 0.661. The van der Waals surface area contributed by atoms with Crippen LogP contribution in [0.25, 0.3) is 22.3 Å². The smallest absolute Gasteiger partial charge is 0.163 e. The first-order valence-electron chi connectivity index (χ1n) is 12.5. The normalized spacial score (nSPS) is 13.8. The highest BCUT2D eigenvalue weighted by Crippen LogP contribution is 2.36. The zero-order valence-electron chi connectivity index (χ0n) is 21.4. The fourth-order valence-corrected chi connectivity index (χ4v) is 4.57. The number of aromatic amines is 1. The van der Waals surface area contributed by atoms with Crippen molar-refractivity contribution in [2.75, 3.05) is 45.8 Å². The van der Waals surface area contributed by atoms with E-state index >= 15 is 0 Å². The number of aromatic nitrogens is 4. The van der Waals surface area contributed by atoms with Crippen LogP contribution in [-0.2, 0) is 11.3 Å². The monoisotopic (exact) mass is 524 g/mol. The van der Waals surface area contributed by atoms with E-state index in [1.165, 1.54) is 25.0 Å².